The predicted molar refractivity (Wildman–Crippen MR) is 75.5 cm³/mol. The number of carbonyl (C=O) groups excluding carboxylic acids is 1. The molecule has 1 saturated heterocycles. The number of nitrogens with zero attached hydrogens (tertiary/aromatic N) is 2. The highest BCUT2D eigenvalue weighted by molar-refractivity contribution is 7.99. The van der Waals surface area contributed by atoms with E-state index in [9.17, 15) is 9.59 Å². The average Bonchev–Trinajstić information content (AvgIpc) is 2.89. The molecule has 0 aromatic carbocycles. The number of carboxylic acids is 1. The Morgan fingerprint density at radius 1 is 1.53 bits per heavy atom. The fourth-order valence-electron chi connectivity index (χ4n) is 2.09. The number of amides is 1. The lowest BCUT2D eigenvalue weighted by Gasteiger charge is -2.34. The lowest BCUT2D eigenvalue weighted by molar-refractivity contribution is -0.140. The summed E-state index contributed by atoms with van der Waals surface area (Å²) in [7, 11) is 0. The van der Waals surface area contributed by atoms with Gasteiger partial charge in [-0.25, -0.2) is 4.98 Å². The lowest BCUT2D eigenvalue weighted by atomic mass is 10.1. The molecule has 19 heavy (non-hydrogen) atoms. The Kier molecular flexibility index (Phi) is 5.21. The fourth-order valence-corrected chi connectivity index (χ4v) is 3.77. The Bertz CT molecular complexity index is 436. The molecule has 1 aromatic rings. The number of hydrogen-bond acceptors (Lipinski definition) is 5. The summed E-state index contributed by atoms with van der Waals surface area (Å²) in [5, 5.41) is 11.7. The van der Waals surface area contributed by atoms with Gasteiger partial charge in [-0.2, -0.15) is 11.8 Å². The minimum Gasteiger partial charge on any atom is -0.481 e. The molecule has 1 aromatic heterocycles. The van der Waals surface area contributed by atoms with E-state index in [-0.39, 0.29) is 18.4 Å². The van der Waals surface area contributed by atoms with E-state index in [1.165, 1.54) is 0 Å². The highest BCUT2D eigenvalue weighted by Crippen LogP contribution is 2.20. The largest absolute Gasteiger partial charge is 0.481 e. The summed E-state index contributed by atoms with van der Waals surface area (Å²) in [4.78, 5) is 28.9. The first-order valence-corrected chi connectivity index (χ1v) is 8.17. The van der Waals surface area contributed by atoms with Crippen LogP contribution in [0.15, 0.2) is 11.6 Å². The van der Waals surface area contributed by atoms with Crippen molar-refractivity contribution in [2.45, 2.75) is 25.3 Å². The Morgan fingerprint density at radius 2 is 2.37 bits per heavy atom. The molecular formula is C12H16N2O3S2. The Balaban J connectivity index is 1.89. The lowest BCUT2D eigenvalue weighted by Crippen LogP contribution is -2.47. The van der Waals surface area contributed by atoms with Crippen molar-refractivity contribution >= 4 is 35.0 Å². The van der Waals surface area contributed by atoms with Crippen molar-refractivity contribution < 1.29 is 14.7 Å². The molecule has 5 nitrogen and oxygen atoms in total. The van der Waals surface area contributed by atoms with Crippen LogP contribution in [0.3, 0.4) is 0 Å². The summed E-state index contributed by atoms with van der Waals surface area (Å²) in [5.41, 5.74) is 0. The molecule has 104 valence electrons. The van der Waals surface area contributed by atoms with Crippen molar-refractivity contribution in [1.29, 1.82) is 0 Å². The van der Waals surface area contributed by atoms with Crippen molar-refractivity contribution in [2.75, 3.05) is 18.1 Å². The number of thioether (sulfide) groups is 1. The summed E-state index contributed by atoms with van der Waals surface area (Å²) in [6, 6.07) is -0.167. The van der Waals surface area contributed by atoms with Gasteiger partial charge >= 0.3 is 5.97 Å². The van der Waals surface area contributed by atoms with Gasteiger partial charge in [0.25, 0.3) is 0 Å². The number of aryl methyl sites for hydroxylation is 1. The van der Waals surface area contributed by atoms with E-state index in [1.807, 2.05) is 5.38 Å². The second kappa shape index (κ2) is 6.91. The van der Waals surface area contributed by atoms with Crippen LogP contribution in [0, 0.1) is 0 Å². The first kappa shape index (κ1) is 14.3. The summed E-state index contributed by atoms with van der Waals surface area (Å²) >= 11 is 3.26. The standard InChI is InChI=1S/C12H16N2O3S2/c15-11(2-1-10-13-3-5-19-10)14-4-6-18-8-9(14)7-12(16)17/h3,5,9H,1-2,4,6-8H2,(H,16,17). The number of rotatable bonds is 5. The maximum Gasteiger partial charge on any atom is 0.305 e. The topological polar surface area (TPSA) is 70.5 Å². The Labute approximate surface area is 120 Å². The Morgan fingerprint density at radius 3 is 3.05 bits per heavy atom. The molecule has 0 aliphatic carbocycles. The number of carbonyl (C=O) groups is 2. The molecule has 0 bridgehead atoms. The van der Waals surface area contributed by atoms with Gasteiger partial charge in [0.1, 0.15) is 0 Å². The van der Waals surface area contributed by atoms with E-state index >= 15 is 0 Å². The van der Waals surface area contributed by atoms with Crippen LogP contribution in [-0.2, 0) is 16.0 Å². The molecule has 1 amide bonds. The van der Waals surface area contributed by atoms with E-state index in [0.717, 1.165) is 16.5 Å². The van der Waals surface area contributed by atoms with Gasteiger partial charge in [0, 0.05) is 42.5 Å². The number of hydrogen-bond donors (Lipinski definition) is 1. The normalized spacial score (nSPS) is 19.4. The van der Waals surface area contributed by atoms with E-state index in [0.29, 0.717) is 19.4 Å². The first-order chi connectivity index (χ1) is 9.16. The van der Waals surface area contributed by atoms with Crippen LogP contribution in [0.1, 0.15) is 17.8 Å². The van der Waals surface area contributed by atoms with Gasteiger partial charge in [0.2, 0.25) is 5.91 Å². The molecule has 2 rings (SSSR count). The van der Waals surface area contributed by atoms with Gasteiger partial charge in [0.15, 0.2) is 0 Å². The molecule has 1 aliphatic heterocycles. The smallest absolute Gasteiger partial charge is 0.305 e. The molecule has 2 heterocycles. The van der Waals surface area contributed by atoms with Crippen molar-refractivity contribution in [3.63, 3.8) is 0 Å². The number of carboxylic acid groups (broad SMARTS) is 1. The zero-order valence-electron chi connectivity index (χ0n) is 10.4. The zero-order chi connectivity index (χ0) is 13.7. The summed E-state index contributed by atoms with van der Waals surface area (Å²) in [6.45, 7) is 0.652. The Hall–Kier alpha value is -1.08. The van der Waals surface area contributed by atoms with Gasteiger partial charge in [-0.15, -0.1) is 11.3 Å². The third kappa shape index (κ3) is 4.21. The fraction of sp³-hybridized carbons (Fsp3) is 0.583. The van der Waals surface area contributed by atoms with Gasteiger partial charge in [0.05, 0.1) is 17.5 Å². The SMILES string of the molecule is O=C(O)CC1CSCCN1C(=O)CCc1nccs1. The minimum atomic E-state index is -0.842. The number of thiazole rings is 1. The molecule has 1 N–H and O–H groups in total. The van der Waals surface area contributed by atoms with Crippen LogP contribution < -0.4 is 0 Å². The molecule has 7 heteroatoms. The second-order valence-electron chi connectivity index (χ2n) is 4.34. The zero-order valence-corrected chi connectivity index (χ0v) is 12.1. The number of aromatic nitrogens is 1. The molecule has 0 saturated carbocycles. The molecule has 0 spiro atoms. The van der Waals surface area contributed by atoms with Crippen LogP contribution in [0.5, 0.6) is 0 Å². The van der Waals surface area contributed by atoms with Crippen LogP contribution >= 0.6 is 23.1 Å². The molecule has 1 atom stereocenters. The second-order valence-corrected chi connectivity index (χ2v) is 6.47. The highest BCUT2D eigenvalue weighted by atomic mass is 32.2. The van der Waals surface area contributed by atoms with E-state index in [4.69, 9.17) is 5.11 Å². The number of aliphatic carboxylic acids is 1. The quantitative estimate of drug-likeness (QED) is 0.892. The molecule has 1 aliphatic rings. The van der Waals surface area contributed by atoms with Crippen molar-refractivity contribution in [3.8, 4) is 0 Å². The van der Waals surface area contributed by atoms with Crippen LogP contribution in [-0.4, -0.2) is 51.0 Å². The van der Waals surface area contributed by atoms with E-state index in [1.54, 1.807) is 34.2 Å². The molecule has 1 fully saturated rings. The van der Waals surface area contributed by atoms with E-state index < -0.39 is 5.97 Å². The van der Waals surface area contributed by atoms with Crippen molar-refractivity contribution in [2.24, 2.45) is 0 Å². The minimum absolute atomic E-state index is 0.0377. The molecular weight excluding hydrogens is 284 g/mol. The van der Waals surface area contributed by atoms with Gasteiger partial charge < -0.3 is 10.0 Å². The third-order valence-corrected chi connectivity index (χ3v) is 4.93. The average molecular weight is 300 g/mol. The predicted octanol–water partition coefficient (Wildman–Crippen LogP) is 1.49. The monoisotopic (exact) mass is 300 g/mol. The summed E-state index contributed by atoms with van der Waals surface area (Å²) in [6.07, 6.45) is 2.82. The molecule has 1 unspecified atom stereocenters. The van der Waals surface area contributed by atoms with Gasteiger partial charge in [-0.05, 0) is 0 Å². The van der Waals surface area contributed by atoms with Crippen molar-refractivity contribution in [3.05, 3.63) is 16.6 Å². The van der Waals surface area contributed by atoms with Gasteiger partial charge in [-0.3, -0.25) is 9.59 Å². The third-order valence-electron chi connectivity index (χ3n) is 2.99. The van der Waals surface area contributed by atoms with Crippen molar-refractivity contribution in [1.82, 2.24) is 9.88 Å². The summed E-state index contributed by atoms with van der Waals surface area (Å²) in [5.74, 6) is 0.806. The highest BCUT2D eigenvalue weighted by Gasteiger charge is 2.28. The van der Waals surface area contributed by atoms with Crippen LogP contribution in [0.2, 0.25) is 0 Å². The molecule has 0 radical (unpaired) electrons. The maximum atomic E-state index is 12.2. The van der Waals surface area contributed by atoms with E-state index in [2.05, 4.69) is 4.98 Å². The first-order valence-electron chi connectivity index (χ1n) is 6.14. The maximum absolute atomic E-state index is 12.2. The van der Waals surface area contributed by atoms with Gasteiger partial charge in [-0.1, -0.05) is 0 Å². The summed E-state index contributed by atoms with van der Waals surface area (Å²) < 4.78 is 0. The van der Waals surface area contributed by atoms with Crippen LogP contribution in [0.25, 0.3) is 0 Å². The van der Waals surface area contributed by atoms with Crippen LogP contribution in [0.4, 0.5) is 0 Å².